The summed E-state index contributed by atoms with van der Waals surface area (Å²) in [6, 6.07) is 20.6. The van der Waals surface area contributed by atoms with Gasteiger partial charge in [-0.2, -0.15) is 5.10 Å². The quantitative estimate of drug-likeness (QED) is 0.473. The summed E-state index contributed by atoms with van der Waals surface area (Å²) in [5, 5.41) is 4.80. The molecule has 1 amide bonds. The summed E-state index contributed by atoms with van der Waals surface area (Å²) in [7, 11) is 1.96. The normalized spacial score (nSPS) is 14.0. The van der Waals surface area contributed by atoms with Gasteiger partial charge in [-0.05, 0) is 55.0 Å². The first-order valence-corrected chi connectivity index (χ1v) is 11.1. The topological polar surface area (TPSA) is 46.3 Å². The maximum atomic E-state index is 14.2. The molecule has 1 saturated heterocycles. The Morgan fingerprint density at radius 1 is 0.939 bits per heavy atom. The van der Waals surface area contributed by atoms with Gasteiger partial charge in [0.25, 0.3) is 5.91 Å². The number of piperazine rings is 1. The van der Waals surface area contributed by atoms with Crippen molar-refractivity contribution in [2.75, 3.05) is 31.1 Å². The molecule has 0 N–H and O–H groups in total. The highest BCUT2D eigenvalue weighted by atomic mass is 19.1. The maximum Gasteiger partial charge on any atom is 0.272 e. The van der Waals surface area contributed by atoms with Gasteiger partial charge < -0.3 is 14.4 Å². The van der Waals surface area contributed by atoms with Crippen molar-refractivity contribution in [2.45, 2.75) is 6.92 Å². The summed E-state index contributed by atoms with van der Waals surface area (Å²) < 4.78 is 17.9. The van der Waals surface area contributed by atoms with Crippen molar-refractivity contribution in [3.63, 3.8) is 0 Å². The van der Waals surface area contributed by atoms with Crippen LogP contribution < -0.4 is 4.90 Å². The van der Waals surface area contributed by atoms with Gasteiger partial charge in [-0.25, -0.2) is 9.07 Å². The standard InChI is InChI=1S/C26H26FN5O/c1-19-7-5-8-20(17-19)32-25(18-22(28-32)24-11-6-12-29(24)2)26(33)31-15-13-30(14-16-31)23-10-4-3-9-21(23)27/h3-12,17-18H,13-16H2,1-2H3. The van der Waals surface area contributed by atoms with E-state index in [1.807, 2.05) is 83.1 Å². The molecule has 7 heteroatoms. The van der Waals surface area contributed by atoms with Crippen LogP contribution in [-0.4, -0.2) is 51.3 Å². The van der Waals surface area contributed by atoms with Crippen LogP contribution in [0.1, 0.15) is 16.1 Å². The van der Waals surface area contributed by atoms with Crippen LogP contribution in [0.15, 0.2) is 72.9 Å². The third-order valence-corrected chi connectivity index (χ3v) is 6.14. The SMILES string of the molecule is Cc1cccc(-n2nc(-c3cccn3C)cc2C(=O)N2CCN(c3ccccc3F)CC2)c1. The summed E-state index contributed by atoms with van der Waals surface area (Å²) in [5.41, 5.74) is 4.75. The van der Waals surface area contributed by atoms with Gasteiger partial charge in [0, 0.05) is 39.4 Å². The number of amides is 1. The Morgan fingerprint density at radius 3 is 2.42 bits per heavy atom. The lowest BCUT2D eigenvalue weighted by Crippen LogP contribution is -2.49. The fourth-order valence-electron chi connectivity index (χ4n) is 4.36. The molecule has 0 spiro atoms. The third kappa shape index (κ3) is 4.02. The molecular formula is C26H26FN5O. The maximum absolute atomic E-state index is 14.2. The highest BCUT2D eigenvalue weighted by Crippen LogP contribution is 2.25. The lowest BCUT2D eigenvalue weighted by Gasteiger charge is -2.36. The zero-order valence-electron chi connectivity index (χ0n) is 18.8. The molecule has 0 bridgehead atoms. The predicted octanol–water partition coefficient (Wildman–Crippen LogP) is 4.29. The summed E-state index contributed by atoms with van der Waals surface area (Å²) in [6.07, 6.45) is 1.96. The molecule has 5 rings (SSSR count). The fourth-order valence-corrected chi connectivity index (χ4v) is 4.36. The minimum Gasteiger partial charge on any atom is -0.366 e. The van der Waals surface area contributed by atoms with Gasteiger partial charge in [0.1, 0.15) is 17.2 Å². The Morgan fingerprint density at radius 2 is 1.73 bits per heavy atom. The number of carbonyl (C=O) groups is 1. The second-order valence-electron chi connectivity index (χ2n) is 8.40. The minimum absolute atomic E-state index is 0.0716. The van der Waals surface area contributed by atoms with Crippen LogP contribution in [0.3, 0.4) is 0 Å². The summed E-state index contributed by atoms with van der Waals surface area (Å²) >= 11 is 0. The van der Waals surface area contributed by atoms with Gasteiger partial charge in [-0.1, -0.05) is 24.3 Å². The van der Waals surface area contributed by atoms with E-state index in [4.69, 9.17) is 5.10 Å². The predicted molar refractivity (Wildman–Crippen MR) is 127 cm³/mol. The Kier molecular flexibility index (Phi) is 5.46. The van der Waals surface area contributed by atoms with Crippen LogP contribution in [0.5, 0.6) is 0 Å². The first kappa shape index (κ1) is 21.0. The number of anilines is 1. The lowest BCUT2D eigenvalue weighted by atomic mass is 10.2. The van der Waals surface area contributed by atoms with E-state index < -0.39 is 0 Å². The average Bonchev–Trinajstić information content (AvgIpc) is 3.45. The van der Waals surface area contributed by atoms with E-state index in [1.165, 1.54) is 6.07 Å². The molecule has 6 nitrogen and oxygen atoms in total. The van der Waals surface area contributed by atoms with Crippen LogP contribution in [0.25, 0.3) is 17.1 Å². The first-order valence-electron chi connectivity index (χ1n) is 11.1. The average molecular weight is 444 g/mol. The molecule has 2 aromatic carbocycles. The summed E-state index contributed by atoms with van der Waals surface area (Å²) in [5.74, 6) is -0.306. The number of aryl methyl sites for hydroxylation is 2. The number of halogens is 1. The number of para-hydroxylation sites is 1. The Hall–Kier alpha value is -3.87. The van der Waals surface area contributed by atoms with Gasteiger partial charge in [-0.15, -0.1) is 0 Å². The van der Waals surface area contributed by atoms with Gasteiger partial charge in [0.15, 0.2) is 0 Å². The smallest absolute Gasteiger partial charge is 0.272 e. The molecular weight excluding hydrogens is 417 g/mol. The molecule has 168 valence electrons. The Labute approximate surface area is 192 Å². The lowest BCUT2D eigenvalue weighted by molar-refractivity contribution is 0.0737. The monoisotopic (exact) mass is 443 g/mol. The van der Waals surface area contributed by atoms with Crippen molar-refractivity contribution >= 4 is 11.6 Å². The number of nitrogens with zero attached hydrogens (tertiary/aromatic N) is 5. The molecule has 0 atom stereocenters. The second-order valence-corrected chi connectivity index (χ2v) is 8.40. The molecule has 33 heavy (non-hydrogen) atoms. The van der Waals surface area contributed by atoms with Gasteiger partial charge in [-0.3, -0.25) is 4.79 Å². The van der Waals surface area contributed by atoms with Crippen LogP contribution in [0, 0.1) is 12.7 Å². The molecule has 0 saturated carbocycles. The van der Waals surface area contributed by atoms with E-state index in [-0.39, 0.29) is 11.7 Å². The number of benzene rings is 2. The van der Waals surface area contributed by atoms with E-state index in [9.17, 15) is 9.18 Å². The Bertz CT molecular complexity index is 1300. The van der Waals surface area contributed by atoms with Crippen molar-refractivity contribution in [1.82, 2.24) is 19.2 Å². The molecule has 2 aromatic heterocycles. The van der Waals surface area contributed by atoms with Gasteiger partial charge in [0.2, 0.25) is 0 Å². The molecule has 0 unspecified atom stereocenters. The molecule has 1 aliphatic heterocycles. The van der Waals surface area contributed by atoms with Crippen LogP contribution in [0.2, 0.25) is 0 Å². The highest BCUT2D eigenvalue weighted by molar-refractivity contribution is 5.94. The Balaban J connectivity index is 1.44. The van der Waals surface area contributed by atoms with Gasteiger partial charge in [0.05, 0.1) is 17.1 Å². The molecule has 0 aliphatic carbocycles. The summed E-state index contributed by atoms with van der Waals surface area (Å²) in [4.78, 5) is 17.4. The van der Waals surface area contributed by atoms with Gasteiger partial charge >= 0.3 is 0 Å². The van der Waals surface area contributed by atoms with Crippen molar-refractivity contribution in [1.29, 1.82) is 0 Å². The van der Waals surface area contributed by atoms with E-state index in [0.717, 1.165) is 22.6 Å². The minimum atomic E-state index is -0.234. The van der Waals surface area contributed by atoms with E-state index in [0.29, 0.717) is 37.6 Å². The number of hydrogen-bond acceptors (Lipinski definition) is 3. The fraction of sp³-hybridized carbons (Fsp3) is 0.231. The van der Waals surface area contributed by atoms with Crippen molar-refractivity contribution in [2.24, 2.45) is 7.05 Å². The molecule has 4 aromatic rings. The van der Waals surface area contributed by atoms with Crippen molar-refractivity contribution < 1.29 is 9.18 Å². The molecule has 1 aliphatic rings. The zero-order valence-corrected chi connectivity index (χ0v) is 18.8. The number of aromatic nitrogens is 3. The summed E-state index contributed by atoms with van der Waals surface area (Å²) in [6.45, 7) is 4.22. The molecule has 0 radical (unpaired) electrons. The van der Waals surface area contributed by atoms with Crippen LogP contribution in [0.4, 0.5) is 10.1 Å². The first-order chi connectivity index (χ1) is 16.0. The van der Waals surface area contributed by atoms with Crippen molar-refractivity contribution in [3.05, 3.63) is 90.0 Å². The molecule has 3 heterocycles. The van der Waals surface area contributed by atoms with Crippen molar-refractivity contribution in [3.8, 4) is 17.1 Å². The van der Waals surface area contributed by atoms with E-state index >= 15 is 0 Å². The number of hydrogen-bond donors (Lipinski definition) is 0. The van der Waals surface area contributed by atoms with Crippen LogP contribution >= 0.6 is 0 Å². The zero-order chi connectivity index (χ0) is 22.9. The van der Waals surface area contributed by atoms with E-state index in [1.54, 1.807) is 16.8 Å². The number of rotatable bonds is 4. The third-order valence-electron chi connectivity index (χ3n) is 6.14. The molecule has 1 fully saturated rings. The largest absolute Gasteiger partial charge is 0.366 e. The highest BCUT2D eigenvalue weighted by Gasteiger charge is 2.27. The van der Waals surface area contributed by atoms with Crippen LogP contribution in [-0.2, 0) is 7.05 Å². The number of carbonyl (C=O) groups excluding carboxylic acids is 1. The second kappa shape index (κ2) is 8.58. The van der Waals surface area contributed by atoms with E-state index in [2.05, 4.69) is 0 Å².